The summed E-state index contributed by atoms with van der Waals surface area (Å²) in [5.41, 5.74) is 2.28. The lowest BCUT2D eigenvalue weighted by Gasteiger charge is -2.27. The van der Waals surface area contributed by atoms with Crippen LogP contribution >= 0.6 is 11.6 Å². The molecule has 2 bridgehead atoms. The highest BCUT2D eigenvalue weighted by atomic mass is 35.5. The van der Waals surface area contributed by atoms with Crippen molar-refractivity contribution in [1.82, 2.24) is 10.3 Å². The second-order valence-corrected chi connectivity index (χ2v) is 6.30. The maximum atomic E-state index is 6.07. The molecule has 0 radical (unpaired) electrons. The molecule has 0 saturated carbocycles. The molecule has 2 atom stereocenters. The Morgan fingerprint density at radius 1 is 1.15 bits per heavy atom. The molecule has 2 aliphatic heterocycles. The number of anilines is 1. The molecular formula is C16H18ClN3. The van der Waals surface area contributed by atoms with Gasteiger partial charge in [-0.15, -0.1) is 0 Å². The first-order valence-electron chi connectivity index (χ1n) is 7.35. The number of hydrogen-bond donors (Lipinski definition) is 1. The predicted octanol–water partition coefficient (Wildman–Crippen LogP) is 3.22. The highest BCUT2D eigenvalue weighted by Gasteiger charge is 2.29. The Morgan fingerprint density at radius 3 is 3.00 bits per heavy atom. The van der Waals surface area contributed by atoms with Gasteiger partial charge in [0, 0.05) is 47.5 Å². The van der Waals surface area contributed by atoms with Crippen LogP contribution in [0.2, 0.25) is 5.02 Å². The standard InChI is InChI=1S/C16H18ClN3/c17-11-1-4-14-15(9-11)18-7-5-16(14)20-8-6-12-2-3-13(10-20)19-12/h1,4-5,7,9,12-13,19H,2-3,6,8,10H2. The van der Waals surface area contributed by atoms with Gasteiger partial charge < -0.3 is 10.2 Å². The molecule has 0 aliphatic carbocycles. The minimum absolute atomic E-state index is 0.637. The van der Waals surface area contributed by atoms with Gasteiger partial charge in [0.15, 0.2) is 0 Å². The van der Waals surface area contributed by atoms with E-state index in [1.54, 1.807) is 0 Å². The first kappa shape index (κ1) is 12.4. The van der Waals surface area contributed by atoms with Gasteiger partial charge in [0.1, 0.15) is 0 Å². The summed E-state index contributed by atoms with van der Waals surface area (Å²) in [6.07, 6.45) is 5.76. The van der Waals surface area contributed by atoms with Crippen LogP contribution in [0.25, 0.3) is 10.9 Å². The molecule has 0 amide bonds. The highest BCUT2D eigenvalue weighted by Crippen LogP contribution is 2.30. The third-order valence-corrected chi connectivity index (χ3v) is 4.78. The molecule has 1 aromatic heterocycles. The van der Waals surface area contributed by atoms with Crippen molar-refractivity contribution in [2.45, 2.75) is 31.3 Å². The zero-order chi connectivity index (χ0) is 13.5. The van der Waals surface area contributed by atoms with Gasteiger partial charge in [0.2, 0.25) is 0 Å². The third-order valence-electron chi connectivity index (χ3n) is 4.55. The Morgan fingerprint density at radius 2 is 2.05 bits per heavy atom. The second-order valence-electron chi connectivity index (χ2n) is 5.86. The highest BCUT2D eigenvalue weighted by molar-refractivity contribution is 6.31. The van der Waals surface area contributed by atoms with Crippen molar-refractivity contribution in [3.8, 4) is 0 Å². The van der Waals surface area contributed by atoms with Gasteiger partial charge in [-0.1, -0.05) is 11.6 Å². The van der Waals surface area contributed by atoms with E-state index < -0.39 is 0 Å². The monoisotopic (exact) mass is 287 g/mol. The van der Waals surface area contributed by atoms with Gasteiger partial charge >= 0.3 is 0 Å². The summed E-state index contributed by atoms with van der Waals surface area (Å²) in [4.78, 5) is 6.95. The van der Waals surface area contributed by atoms with Crippen LogP contribution in [0.3, 0.4) is 0 Å². The molecule has 4 heteroatoms. The SMILES string of the molecule is Clc1ccc2c(N3CCC4CCC(C3)N4)ccnc2c1. The van der Waals surface area contributed by atoms with Gasteiger partial charge in [-0.3, -0.25) is 4.98 Å². The average Bonchev–Trinajstić information content (AvgIpc) is 2.77. The number of benzene rings is 1. The zero-order valence-electron chi connectivity index (χ0n) is 11.3. The molecule has 0 spiro atoms. The molecule has 1 N–H and O–H groups in total. The van der Waals surface area contributed by atoms with Gasteiger partial charge in [-0.05, 0) is 43.5 Å². The normalized spacial score (nSPS) is 25.9. The number of hydrogen-bond acceptors (Lipinski definition) is 3. The van der Waals surface area contributed by atoms with Gasteiger partial charge in [-0.25, -0.2) is 0 Å². The molecule has 4 rings (SSSR count). The van der Waals surface area contributed by atoms with E-state index in [-0.39, 0.29) is 0 Å². The maximum Gasteiger partial charge on any atom is 0.0737 e. The Labute approximate surface area is 123 Å². The molecule has 3 nitrogen and oxygen atoms in total. The van der Waals surface area contributed by atoms with Crippen LogP contribution in [0.4, 0.5) is 5.69 Å². The number of fused-ring (bicyclic) bond motifs is 3. The Balaban J connectivity index is 1.74. The van der Waals surface area contributed by atoms with E-state index in [0.717, 1.165) is 23.6 Å². The first-order chi connectivity index (χ1) is 9.79. The first-order valence-corrected chi connectivity index (χ1v) is 7.73. The van der Waals surface area contributed by atoms with E-state index in [4.69, 9.17) is 11.6 Å². The second kappa shape index (κ2) is 4.90. The smallest absolute Gasteiger partial charge is 0.0737 e. The summed E-state index contributed by atoms with van der Waals surface area (Å²) in [6.45, 7) is 2.22. The fourth-order valence-corrected chi connectivity index (χ4v) is 3.71. The lowest BCUT2D eigenvalue weighted by Crippen LogP contribution is -2.35. The van der Waals surface area contributed by atoms with Crippen LogP contribution in [-0.2, 0) is 0 Å². The maximum absolute atomic E-state index is 6.07. The van der Waals surface area contributed by atoms with Crippen molar-refractivity contribution < 1.29 is 0 Å². The predicted molar refractivity (Wildman–Crippen MR) is 83.5 cm³/mol. The largest absolute Gasteiger partial charge is 0.369 e. The van der Waals surface area contributed by atoms with Crippen molar-refractivity contribution in [3.63, 3.8) is 0 Å². The average molecular weight is 288 g/mol. The Hall–Kier alpha value is -1.32. The van der Waals surface area contributed by atoms with E-state index in [1.807, 2.05) is 18.3 Å². The van der Waals surface area contributed by atoms with Gasteiger partial charge in [0.05, 0.1) is 5.52 Å². The lowest BCUT2D eigenvalue weighted by atomic mass is 10.1. The van der Waals surface area contributed by atoms with Crippen LogP contribution in [0.1, 0.15) is 19.3 Å². The number of halogens is 1. The molecule has 2 fully saturated rings. The van der Waals surface area contributed by atoms with E-state index in [1.165, 1.54) is 30.3 Å². The molecule has 3 heterocycles. The van der Waals surface area contributed by atoms with Crippen LogP contribution < -0.4 is 10.2 Å². The molecule has 1 aromatic carbocycles. The molecule has 104 valence electrons. The summed E-state index contributed by atoms with van der Waals surface area (Å²) in [5.74, 6) is 0. The van der Waals surface area contributed by atoms with Gasteiger partial charge in [-0.2, -0.15) is 0 Å². The van der Waals surface area contributed by atoms with Crippen LogP contribution in [-0.4, -0.2) is 30.2 Å². The van der Waals surface area contributed by atoms with Crippen molar-refractivity contribution in [1.29, 1.82) is 0 Å². The number of aromatic nitrogens is 1. The minimum Gasteiger partial charge on any atom is -0.369 e. The van der Waals surface area contributed by atoms with Crippen molar-refractivity contribution >= 4 is 28.2 Å². The lowest BCUT2D eigenvalue weighted by molar-refractivity contribution is 0.563. The Bertz CT molecular complexity index is 643. The number of pyridine rings is 1. The summed E-state index contributed by atoms with van der Waals surface area (Å²) >= 11 is 6.07. The van der Waals surface area contributed by atoms with Crippen LogP contribution in [0.5, 0.6) is 0 Å². The van der Waals surface area contributed by atoms with Gasteiger partial charge in [0.25, 0.3) is 0 Å². The van der Waals surface area contributed by atoms with Crippen LogP contribution in [0, 0.1) is 0 Å². The molecule has 2 unspecified atom stereocenters. The third kappa shape index (κ3) is 2.15. The van der Waals surface area contributed by atoms with Crippen LogP contribution in [0.15, 0.2) is 30.5 Å². The quantitative estimate of drug-likeness (QED) is 0.873. The fraction of sp³-hybridized carbons (Fsp3) is 0.438. The van der Waals surface area contributed by atoms with E-state index in [2.05, 4.69) is 27.3 Å². The fourth-order valence-electron chi connectivity index (χ4n) is 3.54. The summed E-state index contributed by atoms with van der Waals surface area (Å²) < 4.78 is 0. The minimum atomic E-state index is 0.637. The Kier molecular flexibility index (Phi) is 3.04. The van der Waals surface area contributed by atoms with E-state index >= 15 is 0 Å². The van der Waals surface area contributed by atoms with Crippen molar-refractivity contribution in [3.05, 3.63) is 35.5 Å². The number of nitrogens with one attached hydrogen (secondary N) is 1. The summed E-state index contributed by atoms with van der Waals surface area (Å²) in [7, 11) is 0. The van der Waals surface area contributed by atoms with Crippen molar-refractivity contribution in [2.75, 3.05) is 18.0 Å². The molecule has 2 aromatic rings. The number of nitrogens with zero attached hydrogens (tertiary/aromatic N) is 2. The summed E-state index contributed by atoms with van der Waals surface area (Å²) in [6, 6.07) is 9.48. The zero-order valence-corrected chi connectivity index (χ0v) is 12.1. The molecular weight excluding hydrogens is 270 g/mol. The molecule has 2 saturated heterocycles. The molecule has 20 heavy (non-hydrogen) atoms. The summed E-state index contributed by atoms with van der Waals surface area (Å²) in [5, 5.41) is 5.68. The topological polar surface area (TPSA) is 28.2 Å². The van der Waals surface area contributed by atoms with E-state index in [9.17, 15) is 0 Å². The molecule has 2 aliphatic rings. The van der Waals surface area contributed by atoms with E-state index in [0.29, 0.717) is 12.1 Å². The van der Waals surface area contributed by atoms with Crippen molar-refractivity contribution in [2.24, 2.45) is 0 Å². The number of rotatable bonds is 1.